The van der Waals surface area contributed by atoms with E-state index in [-0.39, 0.29) is 11.6 Å². The molecule has 1 aromatic heterocycles. The molecule has 162 valence electrons. The van der Waals surface area contributed by atoms with Gasteiger partial charge in [0.15, 0.2) is 0 Å². The molecule has 2 aromatic carbocycles. The number of carbonyl (C=O) groups excluding carboxylic acids is 1. The Balaban J connectivity index is 1.56. The Kier molecular flexibility index (Phi) is 6.21. The first-order valence-corrected chi connectivity index (χ1v) is 12.6. The van der Waals surface area contributed by atoms with Crippen LogP contribution in [0.1, 0.15) is 10.5 Å². The van der Waals surface area contributed by atoms with Crippen LogP contribution >= 0.6 is 11.3 Å². The molecule has 10 heteroatoms. The van der Waals surface area contributed by atoms with E-state index in [1.807, 2.05) is 24.3 Å². The summed E-state index contributed by atoms with van der Waals surface area (Å²) in [6.45, 7) is 3.55. The van der Waals surface area contributed by atoms with Crippen LogP contribution in [-0.4, -0.2) is 51.7 Å². The fourth-order valence-corrected chi connectivity index (χ4v) is 4.82. The van der Waals surface area contributed by atoms with Crippen molar-refractivity contribution in [2.75, 3.05) is 47.4 Å². The van der Waals surface area contributed by atoms with E-state index >= 15 is 0 Å². The van der Waals surface area contributed by atoms with E-state index in [0.29, 0.717) is 16.3 Å². The minimum absolute atomic E-state index is 0.282. The van der Waals surface area contributed by atoms with Crippen molar-refractivity contribution in [3.8, 4) is 10.6 Å². The number of piperazine rings is 1. The number of anilines is 3. The average molecular weight is 458 g/mol. The third-order valence-electron chi connectivity index (χ3n) is 4.80. The zero-order chi connectivity index (χ0) is 21.8. The first kappa shape index (κ1) is 21.3. The molecule has 3 aromatic rings. The summed E-state index contributed by atoms with van der Waals surface area (Å²) in [6.07, 6.45) is 1.10. The molecule has 3 N–H and O–H groups in total. The summed E-state index contributed by atoms with van der Waals surface area (Å²) >= 11 is 1.29. The topological polar surface area (TPSA) is 103 Å². The van der Waals surface area contributed by atoms with Gasteiger partial charge in [0, 0.05) is 37.1 Å². The molecule has 0 unspecified atom stereocenters. The SMILES string of the molecule is CS(=O)(=O)Nc1ccccc1-c1nc(C(=O)Nc2ccccc2N2CCNCC2)cs1. The Morgan fingerprint density at radius 1 is 1.06 bits per heavy atom. The number of rotatable bonds is 6. The van der Waals surface area contributed by atoms with Gasteiger partial charge in [0.05, 0.1) is 23.3 Å². The Bertz CT molecular complexity index is 1190. The predicted octanol–water partition coefficient (Wildman–Crippen LogP) is 2.84. The highest BCUT2D eigenvalue weighted by Crippen LogP contribution is 2.32. The molecular weight excluding hydrogens is 434 g/mol. The number of nitrogens with zero attached hydrogens (tertiary/aromatic N) is 2. The van der Waals surface area contributed by atoms with Gasteiger partial charge in [-0.05, 0) is 24.3 Å². The summed E-state index contributed by atoms with van der Waals surface area (Å²) in [7, 11) is -3.43. The molecular formula is C21H23N5O3S2. The summed E-state index contributed by atoms with van der Waals surface area (Å²) in [5.74, 6) is -0.307. The molecule has 1 aliphatic heterocycles. The van der Waals surface area contributed by atoms with E-state index in [0.717, 1.165) is 43.8 Å². The van der Waals surface area contributed by atoms with Gasteiger partial charge in [-0.3, -0.25) is 9.52 Å². The van der Waals surface area contributed by atoms with E-state index in [1.165, 1.54) is 11.3 Å². The number of aromatic nitrogens is 1. The van der Waals surface area contributed by atoms with Crippen molar-refractivity contribution in [1.82, 2.24) is 10.3 Å². The number of hydrogen-bond acceptors (Lipinski definition) is 7. The molecule has 2 heterocycles. The Hall–Kier alpha value is -2.95. The van der Waals surface area contributed by atoms with Crippen molar-refractivity contribution >= 4 is 44.3 Å². The molecule has 31 heavy (non-hydrogen) atoms. The molecule has 1 amide bonds. The van der Waals surface area contributed by atoms with E-state index < -0.39 is 10.0 Å². The number of hydrogen-bond donors (Lipinski definition) is 3. The van der Waals surface area contributed by atoms with Gasteiger partial charge in [-0.1, -0.05) is 24.3 Å². The molecule has 4 rings (SSSR count). The van der Waals surface area contributed by atoms with Gasteiger partial charge in [-0.2, -0.15) is 0 Å². The second-order valence-corrected chi connectivity index (χ2v) is 9.77. The molecule has 0 aliphatic carbocycles. The average Bonchev–Trinajstić information content (AvgIpc) is 3.24. The summed E-state index contributed by atoms with van der Waals surface area (Å²) < 4.78 is 25.8. The number of amides is 1. The van der Waals surface area contributed by atoms with Crippen LogP contribution in [0.3, 0.4) is 0 Å². The van der Waals surface area contributed by atoms with Crippen molar-refractivity contribution in [2.24, 2.45) is 0 Å². The van der Waals surface area contributed by atoms with E-state index in [2.05, 4.69) is 25.2 Å². The van der Waals surface area contributed by atoms with E-state index in [1.54, 1.807) is 29.6 Å². The number of carbonyl (C=O) groups is 1. The maximum absolute atomic E-state index is 12.9. The Morgan fingerprint density at radius 3 is 2.48 bits per heavy atom. The van der Waals surface area contributed by atoms with Crippen LogP contribution < -0.4 is 20.3 Å². The number of benzene rings is 2. The highest BCUT2D eigenvalue weighted by atomic mass is 32.2. The van der Waals surface area contributed by atoms with Crippen molar-refractivity contribution in [2.45, 2.75) is 0 Å². The van der Waals surface area contributed by atoms with Crippen LogP contribution in [0.25, 0.3) is 10.6 Å². The van der Waals surface area contributed by atoms with Crippen molar-refractivity contribution < 1.29 is 13.2 Å². The fourth-order valence-electron chi connectivity index (χ4n) is 3.41. The first-order valence-electron chi connectivity index (χ1n) is 9.79. The molecule has 1 aliphatic rings. The highest BCUT2D eigenvalue weighted by Gasteiger charge is 2.18. The van der Waals surface area contributed by atoms with E-state index in [9.17, 15) is 13.2 Å². The number of para-hydroxylation sites is 3. The van der Waals surface area contributed by atoms with Crippen LogP contribution in [0.2, 0.25) is 0 Å². The third-order valence-corrected chi connectivity index (χ3v) is 6.27. The molecule has 0 bridgehead atoms. The standard InChI is InChI=1S/C21H23N5O3S2/c1-31(28,29)25-16-7-3-2-6-15(16)21-24-18(14-30-21)20(27)23-17-8-4-5-9-19(17)26-12-10-22-11-13-26/h2-9,14,22,25H,10-13H2,1H3,(H,23,27). The normalized spacial score (nSPS) is 14.3. The van der Waals surface area contributed by atoms with Crippen molar-refractivity contribution in [1.29, 1.82) is 0 Å². The Labute approximate surface area is 185 Å². The lowest BCUT2D eigenvalue weighted by Gasteiger charge is -2.31. The minimum Gasteiger partial charge on any atom is -0.367 e. The number of thiazole rings is 1. The molecule has 0 spiro atoms. The number of sulfonamides is 1. The summed E-state index contributed by atoms with van der Waals surface area (Å²) in [5.41, 5.74) is 3.05. The van der Waals surface area contributed by atoms with Gasteiger partial charge in [0.2, 0.25) is 10.0 Å². The zero-order valence-corrected chi connectivity index (χ0v) is 18.6. The minimum atomic E-state index is -3.43. The van der Waals surface area contributed by atoms with Crippen LogP contribution in [0, 0.1) is 0 Å². The molecule has 1 fully saturated rings. The Morgan fingerprint density at radius 2 is 1.74 bits per heavy atom. The predicted molar refractivity (Wildman–Crippen MR) is 125 cm³/mol. The van der Waals surface area contributed by atoms with Gasteiger partial charge in [-0.15, -0.1) is 11.3 Å². The molecule has 8 nitrogen and oxygen atoms in total. The largest absolute Gasteiger partial charge is 0.367 e. The fraction of sp³-hybridized carbons (Fsp3) is 0.238. The third kappa shape index (κ3) is 5.22. The van der Waals surface area contributed by atoms with Gasteiger partial charge < -0.3 is 15.5 Å². The van der Waals surface area contributed by atoms with Crippen LogP contribution in [0.4, 0.5) is 17.1 Å². The zero-order valence-electron chi connectivity index (χ0n) is 17.0. The summed E-state index contributed by atoms with van der Waals surface area (Å²) in [5, 5.41) is 8.54. The lowest BCUT2D eigenvalue weighted by atomic mass is 10.2. The maximum Gasteiger partial charge on any atom is 0.275 e. The summed E-state index contributed by atoms with van der Waals surface area (Å²) in [6, 6.07) is 14.7. The van der Waals surface area contributed by atoms with Crippen LogP contribution in [0.15, 0.2) is 53.9 Å². The molecule has 0 atom stereocenters. The van der Waals surface area contributed by atoms with Crippen LogP contribution in [0.5, 0.6) is 0 Å². The van der Waals surface area contributed by atoms with Crippen LogP contribution in [-0.2, 0) is 10.0 Å². The van der Waals surface area contributed by atoms with Gasteiger partial charge in [0.1, 0.15) is 10.7 Å². The molecule has 0 saturated carbocycles. The monoisotopic (exact) mass is 457 g/mol. The van der Waals surface area contributed by atoms with Crippen molar-refractivity contribution in [3.05, 3.63) is 59.6 Å². The lowest BCUT2D eigenvalue weighted by Crippen LogP contribution is -2.43. The highest BCUT2D eigenvalue weighted by molar-refractivity contribution is 7.92. The number of nitrogens with one attached hydrogen (secondary N) is 3. The van der Waals surface area contributed by atoms with E-state index in [4.69, 9.17) is 0 Å². The molecule has 1 saturated heterocycles. The smallest absolute Gasteiger partial charge is 0.275 e. The van der Waals surface area contributed by atoms with Gasteiger partial charge in [-0.25, -0.2) is 13.4 Å². The molecule has 0 radical (unpaired) electrons. The first-order chi connectivity index (χ1) is 14.9. The van der Waals surface area contributed by atoms with Gasteiger partial charge in [0.25, 0.3) is 5.91 Å². The van der Waals surface area contributed by atoms with Gasteiger partial charge >= 0.3 is 0 Å². The van der Waals surface area contributed by atoms with Crippen molar-refractivity contribution in [3.63, 3.8) is 0 Å². The summed E-state index contributed by atoms with van der Waals surface area (Å²) in [4.78, 5) is 19.6. The second kappa shape index (κ2) is 9.04. The lowest BCUT2D eigenvalue weighted by molar-refractivity contribution is 0.102. The maximum atomic E-state index is 12.9. The second-order valence-electron chi connectivity index (χ2n) is 7.17. The quantitative estimate of drug-likeness (QED) is 0.526.